The third kappa shape index (κ3) is 8.53. The van der Waals surface area contributed by atoms with Gasteiger partial charge in [0.05, 0.1) is 42.7 Å². The molecule has 0 amide bonds. The first-order valence-electron chi connectivity index (χ1n) is 25.6. The molecular weight excluding hydrogens is 805 g/mol. The van der Waals surface area contributed by atoms with Gasteiger partial charge in [-0.15, -0.1) is 0 Å². The summed E-state index contributed by atoms with van der Waals surface area (Å²) in [6.45, 7) is 14.8. The third-order valence-electron chi connectivity index (χ3n) is 17.1. The number of piperazine rings is 2. The van der Waals surface area contributed by atoms with Gasteiger partial charge in [0.2, 0.25) is 0 Å². The van der Waals surface area contributed by atoms with Crippen molar-refractivity contribution in [2.24, 2.45) is 0 Å². The van der Waals surface area contributed by atoms with Crippen molar-refractivity contribution in [2.75, 3.05) is 103 Å². The van der Waals surface area contributed by atoms with Crippen LogP contribution in [-0.4, -0.2) is 146 Å². The minimum atomic E-state index is 0.308. The van der Waals surface area contributed by atoms with Gasteiger partial charge in [-0.05, 0) is 135 Å². The summed E-state index contributed by atoms with van der Waals surface area (Å²) in [6.07, 6.45) is 14.8. The maximum atomic E-state index is 5.51. The van der Waals surface area contributed by atoms with Crippen molar-refractivity contribution < 1.29 is 4.74 Å². The molecule has 7 heterocycles. The molecule has 3 saturated heterocycles. The van der Waals surface area contributed by atoms with Crippen LogP contribution in [0.2, 0.25) is 0 Å². The number of likely N-dealkylation sites (N-methyl/N-ethyl adjacent to an activating group) is 2. The predicted octanol–water partition coefficient (Wildman–Crippen LogP) is 5.92. The summed E-state index contributed by atoms with van der Waals surface area (Å²) >= 11 is 0. The predicted molar refractivity (Wildman–Crippen MR) is 260 cm³/mol. The topological polar surface area (TPSA) is 78.5 Å². The second-order valence-electron chi connectivity index (χ2n) is 21.1. The zero-order valence-corrected chi connectivity index (χ0v) is 39.1. The van der Waals surface area contributed by atoms with Gasteiger partial charge in [0.15, 0.2) is 0 Å². The average Bonchev–Trinajstić information content (AvgIpc) is 4.19. The molecule has 1 unspecified atom stereocenters. The smallest absolute Gasteiger partial charge is 0.0645 e. The van der Waals surface area contributed by atoms with Gasteiger partial charge < -0.3 is 25.2 Å². The highest BCUT2D eigenvalue weighted by Crippen LogP contribution is 2.45. The van der Waals surface area contributed by atoms with Crippen molar-refractivity contribution in [1.29, 1.82) is 0 Å². The summed E-state index contributed by atoms with van der Waals surface area (Å²) < 4.78 is 5.51. The van der Waals surface area contributed by atoms with Crippen molar-refractivity contribution >= 4 is 11.4 Å². The Labute approximate surface area is 387 Å². The number of rotatable bonds is 11. The Hall–Kier alpha value is -3.94. The molecule has 344 valence electrons. The van der Waals surface area contributed by atoms with Crippen molar-refractivity contribution in [3.05, 3.63) is 117 Å². The minimum Gasteiger partial charge on any atom is -0.378 e. The first-order chi connectivity index (χ1) is 32.0. The van der Waals surface area contributed by atoms with E-state index in [1.54, 1.807) is 11.1 Å². The van der Waals surface area contributed by atoms with E-state index in [1.165, 1.54) is 89.4 Å². The lowest BCUT2D eigenvalue weighted by Gasteiger charge is -2.44. The average molecular weight is 877 g/mol. The van der Waals surface area contributed by atoms with Gasteiger partial charge in [0, 0.05) is 126 Å². The quantitative estimate of drug-likeness (QED) is 0.189. The van der Waals surface area contributed by atoms with Gasteiger partial charge in [-0.3, -0.25) is 29.6 Å². The molecule has 0 spiro atoms. The summed E-state index contributed by atoms with van der Waals surface area (Å²) in [7, 11) is 4.69. The van der Waals surface area contributed by atoms with E-state index in [-0.39, 0.29) is 0 Å². The fourth-order valence-corrected chi connectivity index (χ4v) is 13.2. The van der Waals surface area contributed by atoms with Gasteiger partial charge in [-0.2, -0.15) is 0 Å². The number of nitrogens with one attached hydrogen (secondary N) is 2. The van der Waals surface area contributed by atoms with Gasteiger partial charge in [-0.1, -0.05) is 30.3 Å². The highest BCUT2D eigenvalue weighted by molar-refractivity contribution is 5.62. The first-order valence-corrected chi connectivity index (χ1v) is 25.6. The lowest BCUT2D eigenvalue weighted by Crippen LogP contribution is -2.56. The molecule has 4 fully saturated rings. The summed E-state index contributed by atoms with van der Waals surface area (Å²) in [5.74, 6) is 0.349. The van der Waals surface area contributed by atoms with Crippen LogP contribution in [0.5, 0.6) is 0 Å². The Morgan fingerprint density at radius 1 is 0.615 bits per heavy atom. The van der Waals surface area contributed by atoms with E-state index in [1.807, 2.05) is 12.4 Å². The van der Waals surface area contributed by atoms with Crippen molar-refractivity contribution in [1.82, 2.24) is 40.2 Å². The van der Waals surface area contributed by atoms with Gasteiger partial charge in [0.1, 0.15) is 0 Å². The van der Waals surface area contributed by atoms with E-state index in [9.17, 15) is 0 Å². The van der Waals surface area contributed by atoms with E-state index < -0.39 is 0 Å². The monoisotopic (exact) mass is 877 g/mol. The van der Waals surface area contributed by atoms with Crippen LogP contribution in [-0.2, 0) is 37.1 Å². The van der Waals surface area contributed by atoms with E-state index in [2.05, 4.69) is 109 Å². The van der Waals surface area contributed by atoms with Crippen molar-refractivity contribution in [3.63, 3.8) is 0 Å². The Bertz CT molecular complexity index is 2310. The molecule has 5 aliphatic heterocycles. The van der Waals surface area contributed by atoms with E-state index in [0.717, 1.165) is 117 Å². The lowest BCUT2D eigenvalue weighted by molar-refractivity contribution is -0.0660. The Balaban J connectivity index is 0.765. The number of hydrogen-bond donors (Lipinski definition) is 2. The van der Waals surface area contributed by atoms with Crippen LogP contribution in [0.15, 0.2) is 67.0 Å². The van der Waals surface area contributed by atoms with Crippen molar-refractivity contribution in [3.8, 4) is 0 Å². The molecule has 0 bridgehead atoms. The third-order valence-corrected chi connectivity index (χ3v) is 17.1. The fourth-order valence-electron chi connectivity index (χ4n) is 13.2. The first kappa shape index (κ1) is 42.4. The van der Waals surface area contributed by atoms with Crippen LogP contribution in [0.25, 0.3) is 0 Å². The van der Waals surface area contributed by atoms with Crippen LogP contribution < -0.4 is 20.4 Å². The van der Waals surface area contributed by atoms with Gasteiger partial charge >= 0.3 is 0 Å². The molecule has 4 aromatic rings. The lowest BCUT2D eigenvalue weighted by atomic mass is 9.77. The highest BCUT2D eigenvalue weighted by Gasteiger charge is 2.38. The molecule has 11 nitrogen and oxygen atoms in total. The van der Waals surface area contributed by atoms with Crippen LogP contribution >= 0.6 is 0 Å². The molecule has 3 aliphatic carbocycles. The standard InChI is InChI=1S/C54H72N10O/c1-59(50-12-3-7-37-9-5-17-55-53(37)50)33-42-30-48-40(32-58-42)27-39(28-52(48)64-25-19-61(20-26-64)43-13-14-43)45-15-16-51(54-46(45)10-6-18-56-54)60(2)34-41-29-47-38(31-57-41)8-4-11-49(47)63-23-21-62(22-24-63)44-35-65-36-44/h4-6,8-11,17-18,27-28,41-45,50-51,57-58H,3,7,12-16,19-26,29-36H2,1-2H3/t41-,42+,45?,50+,51+/m1/s1. The number of fused-ring (bicyclic) bond motifs is 4. The van der Waals surface area contributed by atoms with Gasteiger partial charge in [-0.25, -0.2) is 0 Å². The maximum Gasteiger partial charge on any atom is 0.0645 e. The number of benzene rings is 2. The van der Waals surface area contributed by atoms with Gasteiger partial charge in [0.25, 0.3) is 0 Å². The second kappa shape index (κ2) is 18.3. The fraction of sp³-hybridized carbons (Fsp3) is 0.593. The van der Waals surface area contributed by atoms with Crippen molar-refractivity contribution in [2.45, 2.75) is 113 Å². The molecule has 2 aromatic carbocycles. The number of ether oxygens (including phenoxy) is 1. The highest BCUT2D eigenvalue weighted by atomic mass is 16.5. The Morgan fingerprint density at radius 3 is 1.95 bits per heavy atom. The van der Waals surface area contributed by atoms with E-state index in [4.69, 9.17) is 14.7 Å². The summed E-state index contributed by atoms with van der Waals surface area (Å²) in [5, 5.41) is 8.02. The molecule has 5 atom stereocenters. The number of nitrogens with zero attached hydrogens (tertiary/aromatic N) is 8. The minimum absolute atomic E-state index is 0.308. The Morgan fingerprint density at radius 2 is 1.25 bits per heavy atom. The maximum absolute atomic E-state index is 5.51. The molecule has 11 heteroatoms. The van der Waals surface area contributed by atoms with Crippen LogP contribution in [0, 0.1) is 0 Å². The molecule has 2 N–H and O–H groups in total. The zero-order chi connectivity index (χ0) is 43.4. The summed E-state index contributed by atoms with van der Waals surface area (Å²) in [6, 6.07) is 24.2. The van der Waals surface area contributed by atoms with Crippen LogP contribution in [0.3, 0.4) is 0 Å². The number of aromatic nitrogens is 2. The molecule has 1 saturated carbocycles. The number of anilines is 2. The molecular formula is C54H72N10O. The molecule has 65 heavy (non-hydrogen) atoms. The number of pyridine rings is 2. The molecule has 12 rings (SSSR count). The largest absolute Gasteiger partial charge is 0.378 e. The molecule has 8 aliphatic rings. The van der Waals surface area contributed by atoms with E-state index in [0.29, 0.717) is 36.1 Å². The summed E-state index contributed by atoms with van der Waals surface area (Å²) in [5.41, 5.74) is 16.0. The van der Waals surface area contributed by atoms with E-state index >= 15 is 0 Å². The van der Waals surface area contributed by atoms with Crippen LogP contribution in [0.4, 0.5) is 11.4 Å². The van der Waals surface area contributed by atoms with Crippen LogP contribution in [0.1, 0.15) is 107 Å². The Kier molecular flexibility index (Phi) is 11.9. The number of aryl methyl sites for hydroxylation is 1. The SMILES string of the molecule is CN(C[C@@H]1Cc2c(cc(C3CC[C@H](N(C)C[C@H]4Cc5c(cccc5N5CCN(C6COC6)CC5)CN4)c4ncccc43)cc2N2CCN(C3CC3)CC2)CN1)[C@H]1CCCc2cccnc21. The summed E-state index contributed by atoms with van der Waals surface area (Å²) in [4.78, 5) is 26.2. The second-order valence-corrected chi connectivity index (χ2v) is 21.1. The number of hydrogen-bond acceptors (Lipinski definition) is 11. The zero-order valence-electron chi connectivity index (χ0n) is 39.1. The normalized spacial score (nSPS) is 27.5. The molecule has 2 aromatic heterocycles. The molecule has 0 radical (unpaired) electrons.